The van der Waals surface area contributed by atoms with Crippen LogP contribution in [0.4, 0.5) is 9.18 Å². The van der Waals surface area contributed by atoms with Gasteiger partial charge in [0, 0.05) is 17.9 Å². The van der Waals surface area contributed by atoms with Crippen LogP contribution in [0.1, 0.15) is 22.6 Å². The number of carbonyl (C=O) groups is 2. The number of hydrogen-bond donors (Lipinski definition) is 2. The van der Waals surface area contributed by atoms with E-state index in [0.717, 1.165) is 22.3 Å². The maximum absolute atomic E-state index is 14.7. The lowest BCUT2D eigenvalue weighted by Crippen LogP contribution is -2.43. The van der Waals surface area contributed by atoms with Crippen molar-refractivity contribution in [3.05, 3.63) is 120 Å². The SMILES string of the molecule is O=C(NC(Cc1c(F)cccc1Oc1ccccc1)C(=O)O)OCC1c2ccccc2-c2ccccc21. The molecule has 2 N–H and O–H groups in total. The van der Waals surface area contributed by atoms with Crippen LogP contribution in [-0.2, 0) is 16.0 Å². The lowest BCUT2D eigenvalue weighted by Gasteiger charge is -2.19. The summed E-state index contributed by atoms with van der Waals surface area (Å²) in [4.78, 5) is 24.6. The fraction of sp³-hybridized carbons (Fsp3) is 0.133. The molecule has 0 fully saturated rings. The van der Waals surface area contributed by atoms with Gasteiger partial charge in [0.1, 0.15) is 30.0 Å². The Balaban J connectivity index is 1.29. The number of carboxylic acid groups (broad SMARTS) is 1. The Hall–Kier alpha value is -4.65. The van der Waals surface area contributed by atoms with E-state index in [-0.39, 0.29) is 30.3 Å². The number of halogens is 1. The quantitative estimate of drug-likeness (QED) is 0.305. The van der Waals surface area contributed by atoms with Crippen molar-refractivity contribution >= 4 is 12.1 Å². The van der Waals surface area contributed by atoms with Gasteiger partial charge in [-0.25, -0.2) is 14.0 Å². The van der Waals surface area contributed by atoms with Crippen molar-refractivity contribution in [1.82, 2.24) is 5.32 Å². The Kier molecular flexibility index (Phi) is 6.85. The average Bonchev–Trinajstić information content (AvgIpc) is 3.23. The summed E-state index contributed by atoms with van der Waals surface area (Å²) in [5, 5.41) is 12.1. The number of amides is 1. The highest BCUT2D eigenvalue weighted by Crippen LogP contribution is 2.44. The van der Waals surface area contributed by atoms with Crippen molar-refractivity contribution in [2.24, 2.45) is 0 Å². The Morgan fingerprint density at radius 2 is 1.46 bits per heavy atom. The number of aliphatic carboxylic acids is 1. The highest BCUT2D eigenvalue weighted by molar-refractivity contribution is 5.81. The van der Waals surface area contributed by atoms with E-state index in [1.165, 1.54) is 12.1 Å². The number of alkyl carbamates (subject to hydrolysis) is 1. The highest BCUT2D eigenvalue weighted by atomic mass is 19.1. The molecule has 7 heteroatoms. The lowest BCUT2D eigenvalue weighted by molar-refractivity contribution is -0.139. The predicted molar refractivity (Wildman–Crippen MR) is 136 cm³/mol. The first-order valence-electron chi connectivity index (χ1n) is 11.9. The van der Waals surface area contributed by atoms with E-state index in [0.29, 0.717) is 5.75 Å². The van der Waals surface area contributed by atoms with E-state index in [1.54, 1.807) is 30.3 Å². The van der Waals surface area contributed by atoms with Crippen LogP contribution in [0.15, 0.2) is 97.1 Å². The molecule has 0 radical (unpaired) electrons. The van der Waals surface area contributed by atoms with Crippen molar-refractivity contribution < 1.29 is 28.6 Å². The molecule has 1 atom stereocenters. The van der Waals surface area contributed by atoms with Crippen molar-refractivity contribution in [3.8, 4) is 22.6 Å². The van der Waals surface area contributed by atoms with Crippen molar-refractivity contribution in [2.45, 2.75) is 18.4 Å². The Labute approximate surface area is 213 Å². The molecule has 0 saturated heterocycles. The van der Waals surface area contributed by atoms with Gasteiger partial charge < -0.3 is 19.9 Å². The van der Waals surface area contributed by atoms with Gasteiger partial charge in [-0.15, -0.1) is 0 Å². The van der Waals surface area contributed by atoms with Gasteiger partial charge in [-0.05, 0) is 46.5 Å². The van der Waals surface area contributed by atoms with E-state index in [4.69, 9.17) is 9.47 Å². The highest BCUT2D eigenvalue weighted by Gasteiger charge is 2.30. The standard InChI is InChI=1S/C30H24FNO5/c31-26-15-8-16-28(37-19-9-2-1-3-10-19)24(26)17-27(29(33)34)32-30(35)36-18-25-22-13-6-4-11-20(22)21-12-5-7-14-23(21)25/h1-16,25,27H,17-18H2,(H,32,35)(H,33,34). The molecule has 4 aromatic carbocycles. The van der Waals surface area contributed by atoms with Crippen LogP contribution in [0.5, 0.6) is 11.5 Å². The summed E-state index contributed by atoms with van der Waals surface area (Å²) in [6.45, 7) is 0.0360. The molecule has 5 rings (SSSR count). The molecule has 0 saturated carbocycles. The van der Waals surface area contributed by atoms with Gasteiger partial charge in [-0.3, -0.25) is 0 Å². The summed E-state index contributed by atoms with van der Waals surface area (Å²) in [6.07, 6.45) is -1.22. The minimum Gasteiger partial charge on any atom is -0.480 e. The van der Waals surface area contributed by atoms with Crippen LogP contribution in [-0.4, -0.2) is 29.8 Å². The third kappa shape index (κ3) is 5.16. The minimum atomic E-state index is -1.43. The summed E-state index contributed by atoms with van der Waals surface area (Å²) >= 11 is 0. The topological polar surface area (TPSA) is 84.9 Å². The summed E-state index contributed by atoms with van der Waals surface area (Å²) in [5.41, 5.74) is 4.29. The molecule has 1 unspecified atom stereocenters. The van der Waals surface area contributed by atoms with Crippen LogP contribution < -0.4 is 10.1 Å². The first-order valence-corrected chi connectivity index (χ1v) is 11.9. The number of para-hydroxylation sites is 1. The van der Waals surface area contributed by atoms with Crippen LogP contribution in [0.2, 0.25) is 0 Å². The van der Waals surface area contributed by atoms with Crippen LogP contribution >= 0.6 is 0 Å². The number of carbonyl (C=O) groups excluding carboxylic acids is 1. The van der Waals surface area contributed by atoms with Gasteiger partial charge in [-0.1, -0.05) is 72.8 Å². The van der Waals surface area contributed by atoms with E-state index in [1.807, 2.05) is 54.6 Å². The molecule has 37 heavy (non-hydrogen) atoms. The number of carboxylic acids is 1. The van der Waals surface area contributed by atoms with E-state index >= 15 is 0 Å². The van der Waals surface area contributed by atoms with Gasteiger partial charge in [0.15, 0.2) is 0 Å². The first-order chi connectivity index (χ1) is 18.0. The zero-order valence-electron chi connectivity index (χ0n) is 19.8. The molecule has 0 heterocycles. The normalized spacial score (nSPS) is 12.8. The summed E-state index contributed by atoms with van der Waals surface area (Å²) < 4.78 is 26.0. The summed E-state index contributed by atoms with van der Waals surface area (Å²) in [7, 11) is 0. The molecular formula is C30H24FNO5. The molecule has 0 spiro atoms. The molecule has 186 valence electrons. The average molecular weight is 498 g/mol. The Morgan fingerprint density at radius 1 is 0.838 bits per heavy atom. The zero-order valence-corrected chi connectivity index (χ0v) is 19.8. The Morgan fingerprint density at radius 3 is 2.11 bits per heavy atom. The summed E-state index contributed by atoms with van der Waals surface area (Å²) in [5.74, 6) is -1.46. The predicted octanol–water partition coefficient (Wildman–Crippen LogP) is 6.15. The molecule has 4 aromatic rings. The van der Waals surface area contributed by atoms with Crippen molar-refractivity contribution in [1.29, 1.82) is 0 Å². The third-order valence-corrected chi connectivity index (χ3v) is 6.39. The van der Waals surface area contributed by atoms with Crippen molar-refractivity contribution in [2.75, 3.05) is 6.61 Å². The second kappa shape index (κ2) is 10.5. The second-order valence-electron chi connectivity index (χ2n) is 8.70. The molecule has 0 bridgehead atoms. The lowest BCUT2D eigenvalue weighted by atomic mass is 9.98. The second-order valence-corrected chi connectivity index (χ2v) is 8.70. The van der Waals surface area contributed by atoms with Gasteiger partial charge in [0.2, 0.25) is 0 Å². The van der Waals surface area contributed by atoms with Crippen molar-refractivity contribution in [3.63, 3.8) is 0 Å². The number of benzene rings is 4. The maximum atomic E-state index is 14.7. The maximum Gasteiger partial charge on any atom is 0.407 e. The van der Waals surface area contributed by atoms with E-state index in [2.05, 4.69) is 5.32 Å². The van der Waals surface area contributed by atoms with Crippen LogP contribution in [0.3, 0.4) is 0 Å². The van der Waals surface area contributed by atoms with Gasteiger partial charge in [-0.2, -0.15) is 0 Å². The monoisotopic (exact) mass is 497 g/mol. The fourth-order valence-corrected chi connectivity index (χ4v) is 4.63. The Bertz CT molecular complexity index is 1390. The van der Waals surface area contributed by atoms with Gasteiger partial charge in [0.25, 0.3) is 0 Å². The molecule has 0 aliphatic heterocycles. The smallest absolute Gasteiger partial charge is 0.407 e. The first kappa shape index (κ1) is 24.1. The third-order valence-electron chi connectivity index (χ3n) is 6.39. The zero-order chi connectivity index (χ0) is 25.8. The molecule has 0 aromatic heterocycles. The van der Waals surface area contributed by atoms with E-state index < -0.39 is 23.9 Å². The minimum absolute atomic E-state index is 0.0360. The number of nitrogens with one attached hydrogen (secondary N) is 1. The number of ether oxygens (including phenoxy) is 2. The van der Waals surface area contributed by atoms with Gasteiger partial charge in [0.05, 0.1) is 0 Å². The number of hydrogen-bond acceptors (Lipinski definition) is 4. The van der Waals surface area contributed by atoms with Gasteiger partial charge >= 0.3 is 12.1 Å². The molecule has 1 aliphatic carbocycles. The molecule has 6 nitrogen and oxygen atoms in total. The summed E-state index contributed by atoms with van der Waals surface area (Å²) in [6, 6.07) is 27.4. The number of rotatable bonds is 8. The fourth-order valence-electron chi connectivity index (χ4n) is 4.63. The largest absolute Gasteiger partial charge is 0.480 e. The molecule has 1 aliphatic rings. The van der Waals surface area contributed by atoms with Crippen LogP contribution in [0, 0.1) is 5.82 Å². The molecular weight excluding hydrogens is 473 g/mol. The van der Waals surface area contributed by atoms with E-state index in [9.17, 15) is 19.1 Å². The number of fused-ring (bicyclic) bond motifs is 3. The molecule has 1 amide bonds. The van der Waals surface area contributed by atoms with Crippen LogP contribution in [0.25, 0.3) is 11.1 Å².